The van der Waals surface area contributed by atoms with Gasteiger partial charge < -0.3 is 30.3 Å². The maximum absolute atomic E-state index is 12.5. The number of carbonyl (C=O) groups is 4. The average molecular weight is 449 g/mol. The Labute approximate surface area is 188 Å². The van der Waals surface area contributed by atoms with Crippen LogP contribution in [-0.2, 0) is 23.9 Å². The summed E-state index contributed by atoms with van der Waals surface area (Å²) >= 11 is 0. The fourth-order valence-electron chi connectivity index (χ4n) is 3.23. The van der Waals surface area contributed by atoms with Gasteiger partial charge in [0.1, 0.15) is 12.2 Å². The Balaban J connectivity index is 2.05. The number of alkyl carbamates (subject to hydrolysis) is 1. The van der Waals surface area contributed by atoms with Gasteiger partial charge in [-0.15, -0.1) is 0 Å². The van der Waals surface area contributed by atoms with Gasteiger partial charge in [-0.3, -0.25) is 14.4 Å². The van der Waals surface area contributed by atoms with Gasteiger partial charge in [-0.2, -0.15) is 0 Å². The van der Waals surface area contributed by atoms with Crippen molar-refractivity contribution >= 4 is 29.5 Å². The van der Waals surface area contributed by atoms with E-state index in [0.29, 0.717) is 18.7 Å². The number of ether oxygens (including phenoxy) is 2. The molecular formula is C22H32N4O6. The Bertz CT molecular complexity index is 834. The van der Waals surface area contributed by atoms with Gasteiger partial charge in [-0.25, -0.2) is 4.79 Å². The first-order chi connectivity index (χ1) is 15.0. The molecule has 0 saturated carbocycles. The highest BCUT2D eigenvalue weighted by Gasteiger charge is 2.35. The van der Waals surface area contributed by atoms with Crippen molar-refractivity contribution in [3.63, 3.8) is 0 Å². The van der Waals surface area contributed by atoms with E-state index in [9.17, 15) is 19.2 Å². The monoisotopic (exact) mass is 448 g/mol. The normalized spacial score (nSPS) is 18.5. The van der Waals surface area contributed by atoms with E-state index in [2.05, 4.69) is 16.0 Å². The van der Waals surface area contributed by atoms with E-state index < -0.39 is 35.6 Å². The number of carbonyl (C=O) groups excluding carboxylic acids is 4. The van der Waals surface area contributed by atoms with Gasteiger partial charge in [0, 0.05) is 25.9 Å². The first-order valence-corrected chi connectivity index (χ1v) is 10.4. The van der Waals surface area contributed by atoms with Crippen LogP contribution >= 0.6 is 0 Å². The summed E-state index contributed by atoms with van der Waals surface area (Å²) in [5, 5.41) is 7.92. The molecule has 1 aliphatic heterocycles. The van der Waals surface area contributed by atoms with E-state index in [0.717, 1.165) is 5.56 Å². The second-order valence-electron chi connectivity index (χ2n) is 8.71. The average Bonchev–Trinajstić information content (AvgIpc) is 2.69. The lowest BCUT2D eigenvalue weighted by atomic mass is 9.99. The van der Waals surface area contributed by atoms with Gasteiger partial charge in [-0.1, -0.05) is 17.7 Å². The molecule has 1 aliphatic rings. The predicted octanol–water partition coefficient (Wildman–Crippen LogP) is 1.19. The van der Waals surface area contributed by atoms with E-state index in [1.807, 2.05) is 19.1 Å². The van der Waals surface area contributed by atoms with Crippen LogP contribution in [0.1, 0.15) is 32.8 Å². The molecule has 0 aromatic heterocycles. The number of hydrogen-bond donors (Lipinski definition) is 3. The van der Waals surface area contributed by atoms with Crippen molar-refractivity contribution in [1.82, 2.24) is 15.5 Å². The standard InChI is InChI=1S/C22H32N4O6/c1-14-6-8-15(9-7-14)23-19(28)20(29)24-16-10-11-26(18(27)13-31-5)12-17(16)25-21(30)32-22(2,3)4/h6-9,16-17H,10-13H2,1-5H3,(H,23,28)(H,24,29)(H,25,30)/t16-,17+/m0/s1. The third-order valence-corrected chi connectivity index (χ3v) is 4.77. The molecule has 1 saturated heterocycles. The molecule has 0 bridgehead atoms. The second-order valence-corrected chi connectivity index (χ2v) is 8.71. The topological polar surface area (TPSA) is 126 Å². The first kappa shape index (κ1) is 25.1. The zero-order valence-corrected chi connectivity index (χ0v) is 19.2. The molecule has 1 aromatic carbocycles. The summed E-state index contributed by atoms with van der Waals surface area (Å²) in [6, 6.07) is 5.84. The van der Waals surface area contributed by atoms with Crippen LogP contribution in [0.3, 0.4) is 0 Å². The van der Waals surface area contributed by atoms with Crippen LogP contribution in [0.5, 0.6) is 0 Å². The number of likely N-dealkylation sites (tertiary alicyclic amines) is 1. The molecule has 32 heavy (non-hydrogen) atoms. The third kappa shape index (κ3) is 7.84. The number of hydrogen-bond acceptors (Lipinski definition) is 6. The fraction of sp³-hybridized carbons (Fsp3) is 0.545. The van der Waals surface area contributed by atoms with Gasteiger partial charge in [-0.05, 0) is 46.2 Å². The molecule has 176 valence electrons. The summed E-state index contributed by atoms with van der Waals surface area (Å²) in [6.07, 6.45) is -0.327. The number of methoxy groups -OCH3 is 1. The Morgan fingerprint density at radius 3 is 2.28 bits per heavy atom. The molecule has 1 aromatic rings. The van der Waals surface area contributed by atoms with E-state index in [-0.39, 0.29) is 19.1 Å². The van der Waals surface area contributed by atoms with Crippen molar-refractivity contribution in [3.05, 3.63) is 29.8 Å². The number of aryl methyl sites for hydroxylation is 1. The molecule has 1 fully saturated rings. The van der Waals surface area contributed by atoms with Crippen molar-refractivity contribution < 1.29 is 28.7 Å². The zero-order chi connectivity index (χ0) is 23.9. The number of amides is 4. The third-order valence-electron chi connectivity index (χ3n) is 4.77. The van der Waals surface area contributed by atoms with Crippen molar-refractivity contribution in [2.75, 3.05) is 32.1 Å². The van der Waals surface area contributed by atoms with Crippen LogP contribution in [0.2, 0.25) is 0 Å². The van der Waals surface area contributed by atoms with Gasteiger partial charge >= 0.3 is 17.9 Å². The zero-order valence-electron chi connectivity index (χ0n) is 19.2. The summed E-state index contributed by atoms with van der Waals surface area (Å²) in [7, 11) is 1.42. The summed E-state index contributed by atoms with van der Waals surface area (Å²) in [5.74, 6) is -1.88. The Kier molecular flexibility index (Phi) is 8.59. The summed E-state index contributed by atoms with van der Waals surface area (Å²) in [4.78, 5) is 50.9. The lowest BCUT2D eigenvalue weighted by molar-refractivity contribution is -0.138. The van der Waals surface area contributed by atoms with Gasteiger partial charge in [0.25, 0.3) is 0 Å². The van der Waals surface area contributed by atoms with E-state index in [1.54, 1.807) is 37.8 Å². The van der Waals surface area contributed by atoms with Crippen LogP contribution in [0, 0.1) is 6.92 Å². The Morgan fingerprint density at radius 2 is 1.69 bits per heavy atom. The van der Waals surface area contributed by atoms with Crippen molar-refractivity contribution in [3.8, 4) is 0 Å². The van der Waals surface area contributed by atoms with Crippen LogP contribution in [0.15, 0.2) is 24.3 Å². The highest BCUT2D eigenvalue weighted by molar-refractivity contribution is 6.39. The molecule has 0 unspecified atom stereocenters. The number of nitrogens with one attached hydrogen (secondary N) is 3. The van der Waals surface area contributed by atoms with Crippen LogP contribution in [0.4, 0.5) is 10.5 Å². The van der Waals surface area contributed by atoms with Gasteiger partial charge in [0.05, 0.1) is 12.1 Å². The molecule has 0 spiro atoms. The quantitative estimate of drug-likeness (QED) is 0.581. The second kappa shape index (κ2) is 10.9. The fourth-order valence-corrected chi connectivity index (χ4v) is 3.23. The smallest absolute Gasteiger partial charge is 0.408 e. The molecule has 2 atom stereocenters. The first-order valence-electron chi connectivity index (χ1n) is 10.4. The lowest BCUT2D eigenvalue weighted by Crippen LogP contribution is -2.62. The highest BCUT2D eigenvalue weighted by atomic mass is 16.6. The van der Waals surface area contributed by atoms with Crippen LogP contribution in [0.25, 0.3) is 0 Å². The maximum Gasteiger partial charge on any atom is 0.408 e. The van der Waals surface area contributed by atoms with Crippen molar-refractivity contribution in [2.45, 2.75) is 51.8 Å². The highest BCUT2D eigenvalue weighted by Crippen LogP contribution is 2.14. The number of piperidine rings is 1. The Morgan fingerprint density at radius 1 is 1.03 bits per heavy atom. The Hall–Kier alpha value is -3.14. The van der Waals surface area contributed by atoms with Crippen molar-refractivity contribution in [2.24, 2.45) is 0 Å². The number of rotatable bonds is 5. The van der Waals surface area contributed by atoms with Crippen LogP contribution < -0.4 is 16.0 Å². The predicted molar refractivity (Wildman–Crippen MR) is 118 cm³/mol. The largest absolute Gasteiger partial charge is 0.444 e. The maximum atomic E-state index is 12.5. The molecule has 0 aliphatic carbocycles. The van der Waals surface area contributed by atoms with E-state index in [4.69, 9.17) is 9.47 Å². The number of nitrogens with zero attached hydrogens (tertiary/aromatic N) is 1. The SMILES string of the molecule is COCC(=O)N1CC[C@H](NC(=O)C(=O)Nc2ccc(C)cc2)[C@H](NC(=O)OC(C)(C)C)C1. The summed E-state index contributed by atoms with van der Waals surface area (Å²) < 4.78 is 10.2. The minimum atomic E-state index is -0.830. The summed E-state index contributed by atoms with van der Waals surface area (Å²) in [6.45, 7) is 7.52. The molecule has 10 heteroatoms. The minimum absolute atomic E-state index is 0.0882. The number of benzene rings is 1. The molecule has 10 nitrogen and oxygen atoms in total. The molecule has 2 rings (SSSR count). The van der Waals surface area contributed by atoms with E-state index >= 15 is 0 Å². The molecule has 0 radical (unpaired) electrons. The van der Waals surface area contributed by atoms with Gasteiger partial charge in [0.2, 0.25) is 5.91 Å². The molecular weight excluding hydrogens is 416 g/mol. The van der Waals surface area contributed by atoms with E-state index in [1.165, 1.54) is 7.11 Å². The van der Waals surface area contributed by atoms with Crippen molar-refractivity contribution in [1.29, 1.82) is 0 Å². The lowest BCUT2D eigenvalue weighted by Gasteiger charge is -2.39. The molecule has 3 N–H and O–H groups in total. The minimum Gasteiger partial charge on any atom is -0.444 e. The summed E-state index contributed by atoms with van der Waals surface area (Å²) in [5.41, 5.74) is 0.814. The van der Waals surface area contributed by atoms with Gasteiger partial charge in [0.15, 0.2) is 0 Å². The number of anilines is 1. The molecule has 1 heterocycles. The van der Waals surface area contributed by atoms with Crippen LogP contribution in [-0.4, -0.2) is 73.2 Å². The molecule has 4 amide bonds.